The Labute approximate surface area is 86.0 Å². The van der Waals surface area contributed by atoms with E-state index in [1.807, 2.05) is 0 Å². The Bertz CT molecular complexity index is 164. The molecule has 76 valence electrons. The molecular formula is C10H19NOS. The van der Waals surface area contributed by atoms with E-state index in [0.29, 0.717) is 6.54 Å². The summed E-state index contributed by atoms with van der Waals surface area (Å²) in [6.45, 7) is 6.34. The summed E-state index contributed by atoms with van der Waals surface area (Å²) in [5, 5.41) is 9.03. The van der Waals surface area contributed by atoms with Crippen LogP contribution in [0.2, 0.25) is 0 Å². The summed E-state index contributed by atoms with van der Waals surface area (Å²) in [6, 6.07) is 0. The quantitative estimate of drug-likeness (QED) is 0.537. The van der Waals surface area contributed by atoms with Gasteiger partial charge in [-0.25, -0.2) is 0 Å². The van der Waals surface area contributed by atoms with E-state index in [-0.39, 0.29) is 5.76 Å². The van der Waals surface area contributed by atoms with Gasteiger partial charge in [-0.1, -0.05) is 6.58 Å². The zero-order chi connectivity index (χ0) is 9.68. The number of thiol groups is 1. The monoisotopic (exact) mass is 201 g/mol. The van der Waals surface area contributed by atoms with Crippen LogP contribution in [0.1, 0.15) is 19.3 Å². The van der Waals surface area contributed by atoms with Crippen molar-refractivity contribution in [1.82, 2.24) is 4.90 Å². The fourth-order valence-corrected chi connectivity index (χ4v) is 2.24. The third kappa shape index (κ3) is 4.05. The van der Waals surface area contributed by atoms with Crippen LogP contribution in [0.25, 0.3) is 0 Å². The van der Waals surface area contributed by atoms with Crippen molar-refractivity contribution in [2.24, 2.45) is 5.92 Å². The molecule has 0 aromatic carbocycles. The lowest BCUT2D eigenvalue weighted by Gasteiger charge is -2.31. The highest BCUT2D eigenvalue weighted by atomic mass is 32.1. The Balaban J connectivity index is 2.18. The summed E-state index contributed by atoms with van der Waals surface area (Å²) < 4.78 is 0. The van der Waals surface area contributed by atoms with E-state index < -0.39 is 0 Å². The Hall–Kier alpha value is -0.150. The summed E-state index contributed by atoms with van der Waals surface area (Å²) in [5.74, 6) is 2.13. The maximum Gasteiger partial charge on any atom is 0.0991 e. The van der Waals surface area contributed by atoms with Crippen LogP contribution in [0, 0.1) is 5.92 Å². The lowest BCUT2D eigenvalue weighted by atomic mass is 9.94. The van der Waals surface area contributed by atoms with Gasteiger partial charge in [-0.05, 0) is 44.0 Å². The Kier molecular flexibility index (Phi) is 4.67. The molecule has 0 bridgehead atoms. The molecule has 0 aromatic heterocycles. The molecule has 0 atom stereocenters. The first kappa shape index (κ1) is 10.9. The number of aliphatic hydroxyl groups is 1. The molecule has 13 heavy (non-hydrogen) atoms. The molecule has 1 aliphatic rings. The zero-order valence-corrected chi connectivity index (χ0v) is 8.97. The van der Waals surface area contributed by atoms with Gasteiger partial charge in [0.25, 0.3) is 0 Å². The van der Waals surface area contributed by atoms with Gasteiger partial charge >= 0.3 is 0 Å². The second-order valence-corrected chi connectivity index (χ2v) is 4.25. The van der Waals surface area contributed by atoms with Crippen LogP contribution in [-0.2, 0) is 0 Å². The summed E-state index contributed by atoms with van der Waals surface area (Å²) in [6.07, 6.45) is 3.72. The van der Waals surface area contributed by atoms with Crippen molar-refractivity contribution < 1.29 is 5.11 Å². The minimum absolute atomic E-state index is 0.285. The average Bonchev–Trinajstić information content (AvgIpc) is 2.08. The Morgan fingerprint density at radius 3 is 2.54 bits per heavy atom. The van der Waals surface area contributed by atoms with Crippen LogP contribution in [0.4, 0.5) is 0 Å². The minimum Gasteiger partial charge on any atom is -0.512 e. The number of piperidine rings is 1. The number of aliphatic hydroxyl groups excluding tert-OH is 1. The van der Waals surface area contributed by atoms with Gasteiger partial charge in [0.1, 0.15) is 0 Å². The molecule has 1 N–H and O–H groups in total. The minimum atomic E-state index is 0.285. The maximum absolute atomic E-state index is 9.03. The van der Waals surface area contributed by atoms with Crippen molar-refractivity contribution in [1.29, 1.82) is 0 Å². The van der Waals surface area contributed by atoms with Crippen LogP contribution in [0.5, 0.6) is 0 Å². The molecule has 0 unspecified atom stereocenters. The van der Waals surface area contributed by atoms with Crippen molar-refractivity contribution >= 4 is 12.6 Å². The second kappa shape index (κ2) is 5.55. The molecule has 0 aliphatic carbocycles. The number of hydrogen-bond acceptors (Lipinski definition) is 3. The molecule has 2 nitrogen and oxygen atoms in total. The Morgan fingerprint density at radius 1 is 1.46 bits per heavy atom. The number of likely N-dealkylation sites (tertiary alicyclic amines) is 1. The largest absolute Gasteiger partial charge is 0.512 e. The molecule has 1 rings (SSSR count). The van der Waals surface area contributed by atoms with E-state index in [0.717, 1.165) is 24.8 Å². The molecule has 1 aliphatic heterocycles. The van der Waals surface area contributed by atoms with E-state index in [2.05, 4.69) is 24.1 Å². The van der Waals surface area contributed by atoms with Crippen molar-refractivity contribution in [3.8, 4) is 0 Å². The molecule has 0 spiro atoms. The molecule has 1 heterocycles. The maximum atomic E-state index is 9.03. The van der Waals surface area contributed by atoms with Gasteiger partial charge in [0.2, 0.25) is 0 Å². The van der Waals surface area contributed by atoms with Crippen LogP contribution in [-0.4, -0.2) is 35.4 Å². The lowest BCUT2D eigenvalue weighted by Crippen LogP contribution is -2.35. The Morgan fingerprint density at radius 2 is 2.08 bits per heavy atom. The standard InChI is InChI=1S/C10H19NOS/c1-9(12)8-11-5-2-10(3-6-11)4-7-13/h10,12-13H,1-8H2. The molecule has 0 saturated carbocycles. The van der Waals surface area contributed by atoms with Crippen LogP contribution in [0.3, 0.4) is 0 Å². The van der Waals surface area contributed by atoms with Gasteiger partial charge < -0.3 is 5.11 Å². The smallest absolute Gasteiger partial charge is 0.0991 e. The van der Waals surface area contributed by atoms with Gasteiger partial charge in [-0.2, -0.15) is 12.6 Å². The van der Waals surface area contributed by atoms with E-state index in [4.69, 9.17) is 5.11 Å². The van der Waals surface area contributed by atoms with Gasteiger partial charge in [0.05, 0.1) is 12.3 Å². The second-order valence-electron chi connectivity index (χ2n) is 3.80. The van der Waals surface area contributed by atoms with E-state index in [1.165, 1.54) is 19.3 Å². The van der Waals surface area contributed by atoms with Crippen molar-refractivity contribution in [2.45, 2.75) is 19.3 Å². The fourth-order valence-electron chi connectivity index (χ4n) is 1.87. The highest BCUT2D eigenvalue weighted by Crippen LogP contribution is 2.20. The highest BCUT2D eigenvalue weighted by molar-refractivity contribution is 7.80. The molecular weight excluding hydrogens is 182 g/mol. The molecule has 0 amide bonds. The van der Waals surface area contributed by atoms with Gasteiger partial charge in [-0.3, -0.25) is 4.90 Å². The first-order chi connectivity index (χ1) is 6.22. The zero-order valence-electron chi connectivity index (χ0n) is 8.08. The van der Waals surface area contributed by atoms with Gasteiger partial charge in [-0.15, -0.1) is 0 Å². The molecule has 3 heteroatoms. The predicted molar refractivity (Wildman–Crippen MR) is 59.4 cm³/mol. The van der Waals surface area contributed by atoms with Gasteiger partial charge in [0.15, 0.2) is 0 Å². The molecule has 0 aromatic rings. The third-order valence-corrected chi connectivity index (χ3v) is 2.91. The van der Waals surface area contributed by atoms with Crippen molar-refractivity contribution in [2.75, 3.05) is 25.4 Å². The normalized spacial score (nSPS) is 20.4. The number of nitrogens with zero attached hydrogens (tertiary/aromatic N) is 1. The van der Waals surface area contributed by atoms with Crippen molar-refractivity contribution in [3.63, 3.8) is 0 Å². The summed E-state index contributed by atoms with van der Waals surface area (Å²) in [7, 11) is 0. The average molecular weight is 201 g/mol. The summed E-state index contributed by atoms with van der Waals surface area (Å²) >= 11 is 4.24. The topological polar surface area (TPSA) is 23.5 Å². The van der Waals surface area contributed by atoms with Crippen LogP contribution >= 0.6 is 12.6 Å². The van der Waals surface area contributed by atoms with E-state index >= 15 is 0 Å². The highest BCUT2D eigenvalue weighted by Gasteiger charge is 2.18. The molecule has 1 saturated heterocycles. The summed E-state index contributed by atoms with van der Waals surface area (Å²) in [5.41, 5.74) is 0. The first-order valence-electron chi connectivity index (χ1n) is 4.92. The van der Waals surface area contributed by atoms with Crippen LogP contribution < -0.4 is 0 Å². The van der Waals surface area contributed by atoms with Crippen molar-refractivity contribution in [3.05, 3.63) is 12.3 Å². The fraction of sp³-hybridized carbons (Fsp3) is 0.800. The van der Waals surface area contributed by atoms with E-state index in [9.17, 15) is 0 Å². The van der Waals surface area contributed by atoms with Gasteiger partial charge in [0, 0.05) is 0 Å². The molecule has 0 radical (unpaired) electrons. The summed E-state index contributed by atoms with van der Waals surface area (Å²) in [4.78, 5) is 2.26. The SMILES string of the molecule is C=C(O)CN1CCC(CCS)CC1. The van der Waals surface area contributed by atoms with Crippen LogP contribution in [0.15, 0.2) is 12.3 Å². The molecule has 1 fully saturated rings. The lowest BCUT2D eigenvalue weighted by molar-refractivity contribution is 0.176. The van der Waals surface area contributed by atoms with E-state index in [1.54, 1.807) is 0 Å². The number of hydrogen-bond donors (Lipinski definition) is 2. The predicted octanol–water partition coefficient (Wildman–Crippen LogP) is 2.09. The first-order valence-corrected chi connectivity index (χ1v) is 5.55. The number of rotatable bonds is 4. The third-order valence-electron chi connectivity index (χ3n) is 2.65.